The third-order valence-electron chi connectivity index (χ3n) is 2.73. The summed E-state index contributed by atoms with van der Waals surface area (Å²) >= 11 is 15.6. The normalized spacial score (nSPS) is 27.6. The Kier molecular flexibility index (Phi) is 4.59. The van der Waals surface area contributed by atoms with Crippen molar-refractivity contribution in [2.24, 2.45) is 0 Å². The van der Waals surface area contributed by atoms with E-state index in [2.05, 4.69) is 15.9 Å². The molecule has 2 nitrogen and oxygen atoms in total. The number of hydrogen-bond acceptors (Lipinski definition) is 2. The van der Waals surface area contributed by atoms with Gasteiger partial charge >= 0.3 is 0 Å². The molecule has 0 N–H and O–H groups in total. The third kappa shape index (κ3) is 2.90. The second-order valence-electron chi connectivity index (χ2n) is 3.88. The fraction of sp³-hybridized carbons (Fsp3) is 0.500. The van der Waals surface area contributed by atoms with E-state index in [9.17, 15) is 0 Å². The van der Waals surface area contributed by atoms with Crippen LogP contribution in [0, 0.1) is 0 Å². The van der Waals surface area contributed by atoms with Crippen LogP contribution in [0.3, 0.4) is 0 Å². The van der Waals surface area contributed by atoms with Crippen molar-refractivity contribution < 1.29 is 9.47 Å². The largest absolute Gasteiger partial charge is 0.486 e. The smallest absolute Gasteiger partial charge is 0.139 e. The molecule has 1 aliphatic rings. The Morgan fingerprint density at radius 2 is 2.18 bits per heavy atom. The van der Waals surface area contributed by atoms with E-state index in [1.54, 1.807) is 6.07 Å². The molecule has 0 amide bonds. The molecule has 3 unspecified atom stereocenters. The van der Waals surface area contributed by atoms with Crippen LogP contribution in [0.4, 0.5) is 0 Å². The molecular formula is C12H13BrCl2O2. The predicted octanol–water partition coefficient (Wildman–Crippen LogP) is 4.31. The van der Waals surface area contributed by atoms with Crippen LogP contribution in [0.1, 0.15) is 13.3 Å². The maximum absolute atomic E-state index is 6.07. The van der Waals surface area contributed by atoms with Gasteiger partial charge in [-0.3, -0.25) is 0 Å². The van der Waals surface area contributed by atoms with E-state index in [-0.39, 0.29) is 12.2 Å². The summed E-state index contributed by atoms with van der Waals surface area (Å²) in [6.45, 7) is 2.65. The van der Waals surface area contributed by atoms with Crippen LogP contribution in [0.5, 0.6) is 5.75 Å². The van der Waals surface area contributed by atoms with Crippen molar-refractivity contribution in [2.45, 2.75) is 30.4 Å². The van der Waals surface area contributed by atoms with Crippen LogP contribution in [0.15, 0.2) is 18.2 Å². The highest BCUT2D eigenvalue weighted by atomic mass is 79.9. The van der Waals surface area contributed by atoms with Crippen LogP contribution < -0.4 is 4.74 Å². The van der Waals surface area contributed by atoms with Gasteiger partial charge in [-0.05, 0) is 19.1 Å². The van der Waals surface area contributed by atoms with Crippen molar-refractivity contribution >= 4 is 39.1 Å². The molecule has 94 valence electrons. The SMILES string of the molecule is CCOC1C(Br)CC1Oc1cccc(Cl)c1Cl. The maximum atomic E-state index is 6.07. The van der Waals surface area contributed by atoms with E-state index in [1.165, 1.54) is 0 Å². The summed E-state index contributed by atoms with van der Waals surface area (Å²) < 4.78 is 11.4. The Labute approximate surface area is 119 Å². The zero-order valence-corrected chi connectivity index (χ0v) is 12.4. The second kappa shape index (κ2) is 5.79. The second-order valence-corrected chi connectivity index (χ2v) is 5.84. The number of hydrogen-bond donors (Lipinski definition) is 0. The lowest BCUT2D eigenvalue weighted by Crippen LogP contribution is -2.52. The van der Waals surface area contributed by atoms with Crippen LogP contribution >= 0.6 is 39.1 Å². The Morgan fingerprint density at radius 1 is 1.41 bits per heavy atom. The molecule has 0 spiro atoms. The van der Waals surface area contributed by atoms with Crippen LogP contribution in [0.2, 0.25) is 10.0 Å². The molecule has 1 aromatic rings. The minimum absolute atomic E-state index is 0.0373. The highest BCUT2D eigenvalue weighted by molar-refractivity contribution is 9.09. The van der Waals surface area contributed by atoms with Gasteiger partial charge in [0.05, 0.1) is 5.02 Å². The monoisotopic (exact) mass is 338 g/mol. The summed E-state index contributed by atoms with van der Waals surface area (Å²) in [5.74, 6) is 0.619. The molecule has 0 radical (unpaired) electrons. The summed E-state index contributed by atoms with van der Waals surface area (Å²) in [4.78, 5) is 0.352. The Balaban J connectivity index is 2.04. The van der Waals surface area contributed by atoms with Crippen molar-refractivity contribution in [2.75, 3.05) is 6.61 Å². The fourth-order valence-electron chi connectivity index (χ4n) is 1.78. The van der Waals surface area contributed by atoms with Gasteiger partial charge in [0.25, 0.3) is 0 Å². The van der Waals surface area contributed by atoms with Crippen molar-refractivity contribution in [1.82, 2.24) is 0 Å². The molecule has 2 rings (SSSR count). The van der Waals surface area contributed by atoms with Crippen molar-refractivity contribution in [1.29, 1.82) is 0 Å². The lowest BCUT2D eigenvalue weighted by molar-refractivity contribution is -0.0722. The van der Waals surface area contributed by atoms with Gasteiger partial charge in [0.2, 0.25) is 0 Å². The number of alkyl halides is 1. The van der Waals surface area contributed by atoms with Crippen LogP contribution in [-0.4, -0.2) is 23.6 Å². The highest BCUT2D eigenvalue weighted by Gasteiger charge is 2.42. The predicted molar refractivity (Wildman–Crippen MR) is 73.6 cm³/mol. The average molecular weight is 340 g/mol. The summed E-state index contributed by atoms with van der Waals surface area (Å²) in [5.41, 5.74) is 0. The summed E-state index contributed by atoms with van der Waals surface area (Å²) in [7, 11) is 0. The van der Waals surface area contributed by atoms with Gasteiger partial charge in [-0.1, -0.05) is 45.2 Å². The minimum Gasteiger partial charge on any atom is -0.486 e. The minimum atomic E-state index is 0.0373. The Bertz CT molecular complexity index is 400. The zero-order chi connectivity index (χ0) is 12.4. The maximum Gasteiger partial charge on any atom is 0.139 e. The molecule has 5 heteroatoms. The quantitative estimate of drug-likeness (QED) is 0.761. The van der Waals surface area contributed by atoms with E-state index in [1.807, 2.05) is 19.1 Å². The first-order valence-electron chi connectivity index (χ1n) is 5.49. The standard InChI is InChI=1S/C12H13BrCl2O2/c1-2-16-12-7(13)6-10(12)17-9-5-3-4-8(14)11(9)15/h3-5,7,10,12H,2,6H2,1H3. The Morgan fingerprint density at radius 3 is 2.82 bits per heavy atom. The first kappa shape index (κ1) is 13.5. The number of ether oxygens (including phenoxy) is 2. The third-order valence-corrected chi connectivity index (χ3v) is 4.43. The van der Waals surface area contributed by atoms with Gasteiger partial charge < -0.3 is 9.47 Å². The van der Waals surface area contributed by atoms with Gasteiger partial charge in [0, 0.05) is 17.9 Å². The molecule has 3 atom stereocenters. The van der Waals surface area contributed by atoms with Gasteiger partial charge in [-0.25, -0.2) is 0 Å². The molecule has 0 aliphatic heterocycles. The summed E-state index contributed by atoms with van der Waals surface area (Å²) in [6, 6.07) is 5.38. The molecular weight excluding hydrogens is 327 g/mol. The van der Waals surface area contributed by atoms with E-state index in [4.69, 9.17) is 32.7 Å². The van der Waals surface area contributed by atoms with Crippen molar-refractivity contribution in [3.63, 3.8) is 0 Å². The number of halogens is 3. The van der Waals surface area contributed by atoms with E-state index >= 15 is 0 Å². The molecule has 0 heterocycles. The zero-order valence-electron chi connectivity index (χ0n) is 9.33. The summed E-state index contributed by atoms with van der Waals surface area (Å²) in [5, 5.41) is 0.967. The van der Waals surface area contributed by atoms with E-state index in [0.717, 1.165) is 6.42 Å². The van der Waals surface area contributed by atoms with Crippen molar-refractivity contribution in [3.8, 4) is 5.75 Å². The average Bonchev–Trinajstić information content (AvgIpc) is 2.31. The lowest BCUT2D eigenvalue weighted by Gasteiger charge is -2.40. The van der Waals surface area contributed by atoms with Gasteiger partial charge in [-0.2, -0.15) is 0 Å². The van der Waals surface area contributed by atoms with E-state index in [0.29, 0.717) is 27.2 Å². The molecule has 17 heavy (non-hydrogen) atoms. The molecule has 0 aromatic heterocycles. The topological polar surface area (TPSA) is 18.5 Å². The van der Waals surface area contributed by atoms with Crippen molar-refractivity contribution in [3.05, 3.63) is 28.2 Å². The van der Waals surface area contributed by atoms with Gasteiger partial charge in [0.1, 0.15) is 23.0 Å². The number of rotatable bonds is 4. The first-order chi connectivity index (χ1) is 8.13. The van der Waals surface area contributed by atoms with Crippen LogP contribution in [-0.2, 0) is 4.74 Å². The molecule has 1 aliphatic carbocycles. The van der Waals surface area contributed by atoms with E-state index < -0.39 is 0 Å². The first-order valence-corrected chi connectivity index (χ1v) is 7.17. The van der Waals surface area contributed by atoms with Gasteiger partial charge in [0.15, 0.2) is 0 Å². The molecule has 1 fully saturated rings. The molecule has 1 aromatic carbocycles. The lowest BCUT2D eigenvalue weighted by atomic mass is 9.91. The van der Waals surface area contributed by atoms with Gasteiger partial charge in [-0.15, -0.1) is 0 Å². The van der Waals surface area contributed by atoms with Crippen LogP contribution in [0.25, 0.3) is 0 Å². The summed E-state index contributed by atoms with van der Waals surface area (Å²) in [6.07, 6.45) is 1.03. The highest BCUT2D eigenvalue weighted by Crippen LogP contribution is 2.38. The molecule has 1 saturated carbocycles. The fourth-order valence-corrected chi connectivity index (χ4v) is 2.98. The number of benzene rings is 1. The molecule has 0 bridgehead atoms. The molecule has 0 saturated heterocycles. The Hall–Kier alpha value is 0.0400.